The number of imidazole rings is 1. The number of aromatic amines is 1. The Bertz CT molecular complexity index is 1510. The number of ether oxygens (including phenoxy) is 4. The second-order valence-electron chi connectivity index (χ2n) is 8.54. The van der Waals surface area contributed by atoms with E-state index in [1.807, 2.05) is 18.2 Å². The van der Waals surface area contributed by atoms with Crippen LogP contribution in [-0.4, -0.2) is 64.8 Å². The maximum atomic E-state index is 12.7. The molecule has 0 unspecified atom stereocenters. The minimum atomic E-state index is -0.975. The van der Waals surface area contributed by atoms with Crippen LogP contribution in [0.15, 0.2) is 52.1 Å². The molecule has 1 atom stereocenters. The van der Waals surface area contributed by atoms with E-state index in [0.29, 0.717) is 41.9 Å². The number of hydrogen-bond acceptors (Lipinski definition) is 9. The molecule has 0 spiro atoms. The van der Waals surface area contributed by atoms with Crippen LogP contribution < -0.4 is 35.5 Å². The monoisotopic (exact) mass is 525 g/mol. The highest BCUT2D eigenvalue weighted by atomic mass is 16.5. The third-order valence-electron chi connectivity index (χ3n) is 6.05. The SMILES string of the molecule is COc1ccc(OC[C@@H](O)Cn2c(NCCc3ccc(OC)c(OC)c3)nc3c2c(=O)[nH]c(=O)n3C)cc1. The standard InChI is InChI=1S/C26H31N5O7/c1-30-23-22(24(33)29-26(30)34)31(14-17(32)15-38-19-8-6-18(35-2)7-9-19)25(28-23)27-12-11-16-5-10-20(36-3)21(13-16)37-4/h5-10,13,17,32H,11-12,14-15H2,1-4H3,(H,27,28)(H,29,33,34)/t17-/m0/s1. The lowest BCUT2D eigenvalue weighted by Gasteiger charge is -2.16. The zero-order valence-corrected chi connectivity index (χ0v) is 21.7. The van der Waals surface area contributed by atoms with Gasteiger partial charge in [-0.25, -0.2) is 4.79 Å². The highest BCUT2D eigenvalue weighted by Gasteiger charge is 2.20. The van der Waals surface area contributed by atoms with Gasteiger partial charge in [0.1, 0.15) is 24.2 Å². The van der Waals surface area contributed by atoms with Crippen LogP contribution in [0, 0.1) is 0 Å². The summed E-state index contributed by atoms with van der Waals surface area (Å²) in [6.07, 6.45) is -0.361. The molecule has 0 radical (unpaired) electrons. The zero-order chi connectivity index (χ0) is 27.2. The number of H-pyrrole nitrogens is 1. The minimum Gasteiger partial charge on any atom is -0.497 e. The maximum Gasteiger partial charge on any atom is 0.329 e. The van der Waals surface area contributed by atoms with Crippen molar-refractivity contribution >= 4 is 17.1 Å². The van der Waals surface area contributed by atoms with E-state index in [4.69, 9.17) is 18.9 Å². The highest BCUT2D eigenvalue weighted by Crippen LogP contribution is 2.27. The van der Waals surface area contributed by atoms with Gasteiger partial charge < -0.3 is 33.9 Å². The number of hydrogen-bond donors (Lipinski definition) is 3. The highest BCUT2D eigenvalue weighted by molar-refractivity contribution is 5.74. The van der Waals surface area contributed by atoms with Gasteiger partial charge in [0.05, 0.1) is 27.9 Å². The van der Waals surface area contributed by atoms with Crippen molar-refractivity contribution < 1.29 is 24.1 Å². The van der Waals surface area contributed by atoms with Gasteiger partial charge in [-0.15, -0.1) is 0 Å². The number of aliphatic hydroxyl groups excluding tert-OH is 1. The second-order valence-corrected chi connectivity index (χ2v) is 8.54. The number of methoxy groups -OCH3 is 3. The van der Waals surface area contributed by atoms with E-state index in [1.54, 1.807) is 50.2 Å². The largest absolute Gasteiger partial charge is 0.497 e. The van der Waals surface area contributed by atoms with Gasteiger partial charge in [0.25, 0.3) is 5.56 Å². The number of benzene rings is 2. The van der Waals surface area contributed by atoms with E-state index in [1.165, 1.54) is 11.6 Å². The van der Waals surface area contributed by atoms with Gasteiger partial charge in [0, 0.05) is 13.6 Å². The number of nitrogens with zero attached hydrogens (tertiary/aromatic N) is 3. The van der Waals surface area contributed by atoms with Crippen molar-refractivity contribution in [1.29, 1.82) is 0 Å². The third kappa shape index (κ3) is 5.75. The van der Waals surface area contributed by atoms with Gasteiger partial charge in [-0.05, 0) is 48.4 Å². The average molecular weight is 526 g/mol. The van der Waals surface area contributed by atoms with Gasteiger partial charge in [-0.1, -0.05) is 6.07 Å². The fraction of sp³-hybridized carbons (Fsp3) is 0.346. The summed E-state index contributed by atoms with van der Waals surface area (Å²) < 4.78 is 24.3. The molecule has 12 heteroatoms. The van der Waals surface area contributed by atoms with Crippen molar-refractivity contribution in [3.8, 4) is 23.0 Å². The molecular weight excluding hydrogens is 494 g/mol. The Kier molecular flexibility index (Phi) is 8.22. The molecule has 202 valence electrons. The van der Waals surface area contributed by atoms with Crippen molar-refractivity contribution in [3.05, 3.63) is 68.9 Å². The van der Waals surface area contributed by atoms with Crippen LogP contribution in [0.1, 0.15) is 5.56 Å². The maximum absolute atomic E-state index is 12.7. The lowest BCUT2D eigenvalue weighted by Crippen LogP contribution is -2.31. The van der Waals surface area contributed by atoms with Crippen molar-refractivity contribution in [1.82, 2.24) is 19.1 Å². The summed E-state index contributed by atoms with van der Waals surface area (Å²) in [6, 6.07) is 12.6. The summed E-state index contributed by atoms with van der Waals surface area (Å²) in [6.45, 7) is 0.441. The van der Waals surface area contributed by atoms with Gasteiger partial charge in [-0.3, -0.25) is 14.3 Å². The van der Waals surface area contributed by atoms with E-state index in [9.17, 15) is 14.7 Å². The molecule has 0 aliphatic rings. The topological polar surface area (TPSA) is 142 Å². The number of nitrogens with one attached hydrogen (secondary N) is 2. The van der Waals surface area contributed by atoms with Crippen LogP contribution in [0.5, 0.6) is 23.0 Å². The number of rotatable bonds is 12. The summed E-state index contributed by atoms with van der Waals surface area (Å²) in [5, 5.41) is 14.0. The van der Waals surface area contributed by atoms with Crippen LogP contribution in [0.2, 0.25) is 0 Å². The number of aliphatic hydroxyl groups is 1. The lowest BCUT2D eigenvalue weighted by atomic mass is 10.1. The van der Waals surface area contributed by atoms with Crippen molar-refractivity contribution in [2.24, 2.45) is 7.05 Å². The molecule has 12 nitrogen and oxygen atoms in total. The molecule has 2 heterocycles. The molecule has 3 N–H and O–H groups in total. The summed E-state index contributed by atoms with van der Waals surface area (Å²) in [5.74, 6) is 2.86. The molecule has 38 heavy (non-hydrogen) atoms. The molecule has 0 saturated carbocycles. The Balaban J connectivity index is 1.53. The Morgan fingerprint density at radius 1 is 1.00 bits per heavy atom. The van der Waals surface area contributed by atoms with Gasteiger partial charge in [0.15, 0.2) is 22.7 Å². The van der Waals surface area contributed by atoms with E-state index >= 15 is 0 Å². The van der Waals surface area contributed by atoms with Gasteiger partial charge >= 0.3 is 5.69 Å². The number of fused-ring (bicyclic) bond motifs is 1. The first-order chi connectivity index (χ1) is 18.3. The third-order valence-corrected chi connectivity index (χ3v) is 6.05. The van der Waals surface area contributed by atoms with Crippen LogP contribution in [0.3, 0.4) is 0 Å². The van der Waals surface area contributed by atoms with E-state index < -0.39 is 17.4 Å². The molecule has 0 aliphatic heterocycles. The first-order valence-electron chi connectivity index (χ1n) is 11.9. The number of anilines is 1. The molecule has 0 amide bonds. The zero-order valence-electron chi connectivity index (χ0n) is 21.7. The van der Waals surface area contributed by atoms with Crippen LogP contribution >= 0.6 is 0 Å². The molecule has 2 aromatic carbocycles. The molecule has 0 aliphatic carbocycles. The van der Waals surface area contributed by atoms with E-state index in [2.05, 4.69) is 15.3 Å². The molecule has 2 aromatic heterocycles. The average Bonchev–Trinajstić information content (AvgIpc) is 3.29. The summed E-state index contributed by atoms with van der Waals surface area (Å²) in [7, 11) is 6.25. The van der Waals surface area contributed by atoms with E-state index in [-0.39, 0.29) is 24.3 Å². The Hall–Kier alpha value is -4.45. The Morgan fingerprint density at radius 2 is 1.71 bits per heavy atom. The minimum absolute atomic E-state index is 0.00658. The van der Waals surface area contributed by atoms with Crippen molar-refractivity contribution in [2.75, 3.05) is 39.8 Å². The van der Waals surface area contributed by atoms with Crippen LogP contribution in [0.25, 0.3) is 11.2 Å². The predicted molar refractivity (Wildman–Crippen MR) is 142 cm³/mol. The summed E-state index contributed by atoms with van der Waals surface area (Å²) in [4.78, 5) is 31.7. The Morgan fingerprint density at radius 3 is 2.39 bits per heavy atom. The van der Waals surface area contributed by atoms with Gasteiger partial charge in [0.2, 0.25) is 5.95 Å². The Labute approximate surface area is 218 Å². The fourth-order valence-corrected chi connectivity index (χ4v) is 4.03. The van der Waals surface area contributed by atoms with Crippen LogP contribution in [0.4, 0.5) is 5.95 Å². The lowest BCUT2D eigenvalue weighted by molar-refractivity contribution is 0.0938. The number of aromatic nitrogens is 4. The summed E-state index contributed by atoms with van der Waals surface area (Å²) >= 11 is 0. The normalized spacial score (nSPS) is 11.8. The molecule has 0 bridgehead atoms. The number of aryl methyl sites for hydroxylation is 1. The van der Waals surface area contributed by atoms with Gasteiger partial charge in [-0.2, -0.15) is 4.98 Å². The first-order valence-corrected chi connectivity index (χ1v) is 11.9. The quantitative estimate of drug-likeness (QED) is 0.251. The fourth-order valence-electron chi connectivity index (χ4n) is 4.03. The predicted octanol–water partition coefficient (Wildman–Crippen LogP) is 1.54. The van der Waals surface area contributed by atoms with Crippen molar-refractivity contribution in [2.45, 2.75) is 19.1 Å². The molecule has 4 aromatic rings. The molecule has 0 fully saturated rings. The smallest absolute Gasteiger partial charge is 0.329 e. The molecule has 0 saturated heterocycles. The molecule has 4 rings (SSSR count). The second kappa shape index (κ2) is 11.7. The van der Waals surface area contributed by atoms with Crippen LogP contribution in [-0.2, 0) is 20.0 Å². The first kappa shape index (κ1) is 26.6. The molecular formula is C26H31N5O7. The van der Waals surface area contributed by atoms with Crippen molar-refractivity contribution in [3.63, 3.8) is 0 Å². The van der Waals surface area contributed by atoms with E-state index in [0.717, 1.165) is 5.56 Å². The summed E-state index contributed by atoms with van der Waals surface area (Å²) in [5.41, 5.74) is 0.204.